The number of hydrogen-bond donors (Lipinski definition) is 2. The fourth-order valence-electron chi connectivity index (χ4n) is 3.06. The maximum Gasteiger partial charge on any atom is 0.259 e. The number of carbonyl (C=O) groups excluding carboxylic acids is 2. The van der Waals surface area contributed by atoms with Crippen LogP contribution in [0.3, 0.4) is 0 Å². The SMILES string of the molecule is NC(=O)c1cc(NC(=O)c2cn(-c3ccccc3)nc2-c2ccc(Cl)cc2)ccc1F. The van der Waals surface area contributed by atoms with Gasteiger partial charge in [-0.3, -0.25) is 9.59 Å². The van der Waals surface area contributed by atoms with E-state index in [4.69, 9.17) is 17.3 Å². The predicted octanol–water partition coefficient (Wildman–Crippen LogP) is 4.68. The van der Waals surface area contributed by atoms with E-state index in [1.165, 1.54) is 12.1 Å². The van der Waals surface area contributed by atoms with Crippen molar-refractivity contribution in [2.45, 2.75) is 0 Å². The Kier molecular flexibility index (Phi) is 5.51. The van der Waals surface area contributed by atoms with E-state index in [9.17, 15) is 14.0 Å². The minimum Gasteiger partial charge on any atom is -0.366 e. The van der Waals surface area contributed by atoms with Crippen LogP contribution in [0.2, 0.25) is 5.02 Å². The lowest BCUT2D eigenvalue weighted by Gasteiger charge is -2.07. The Bertz CT molecular complexity index is 1270. The number of nitrogens with zero attached hydrogens (tertiary/aromatic N) is 2. The number of nitrogens with one attached hydrogen (secondary N) is 1. The molecule has 8 heteroatoms. The summed E-state index contributed by atoms with van der Waals surface area (Å²) in [6.07, 6.45) is 1.60. The number of aromatic nitrogens is 2. The van der Waals surface area contributed by atoms with Crippen LogP contribution in [0.25, 0.3) is 16.9 Å². The number of primary amides is 1. The topological polar surface area (TPSA) is 90.0 Å². The molecule has 1 aromatic heterocycles. The summed E-state index contributed by atoms with van der Waals surface area (Å²) < 4.78 is 15.3. The third kappa shape index (κ3) is 4.31. The van der Waals surface area contributed by atoms with Crippen molar-refractivity contribution in [1.29, 1.82) is 0 Å². The largest absolute Gasteiger partial charge is 0.366 e. The Labute approximate surface area is 182 Å². The van der Waals surface area contributed by atoms with Gasteiger partial charge in [0.25, 0.3) is 11.8 Å². The van der Waals surface area contributed by atoms with E-state index in [-0.39, 0.29) is 16.8 Å². The van der Waals surface area contributed by atoms with Crippen LogP contribution < -0.4 is 11.1 Å². The van der Waals surface area contributed by atoms with E-state index in [2.05, 4.69) is 10.4 Å². The van der Waals surface area contributed by atoms with Crippen molar-refractivity contribution in [3.63, 3.8) is 0 Å². The number of carbonyl (C=O) groups is 2. The number of anilines is 1. The van der Waals surface area contributed by atoms with Crippen molar-refractivity contribution in [3.8, 4) is 16.9 Å². The lowest BCUT2D eigenvalue weighted by Crippen LogP contribution is -2.16. The maximum absolute atomic E-state index is 13.8. The number of nitrogens with two attached hydrogens (primary N) is 1. The van der Waals surface area contributed by atoms with Gasteiger partial charge in [-0.2, -0.15) is 5.10 Å². The van der Waals surface area contributed by atoms with Crippen LogP contribution in [0.15, 0.2) is 79.0 Å². The van der Waals surface area contributed by atoms with E-state index < -0.39 is 17.6 Å². The second-order valence-corrected chi connectivity index (χ2v) is 7.13. The lowest BCUT2D eigenvalue weighted by atomic mass is 10.1. The first-order valence-corrected chi connectivity index (χ1v) is 9.62. The summed E-state index contributed by atoms with van der Waals surface area (Å²) in [5.41, 5.74) is 7.31. The van der Waals surface area contributed by atoms with Gasteiger partial charge in [0.1, 0.15) is 11.5 Å². The number of para-hydroxylation sites is 1. The fourth-order valence-corrected chi connectivity index (χ4v) is 3.19. The summed E-state index contributed by atoms with van der Waals surface area (Å²) in [7, 11) is 0. The molecule has 154 valence electrons. The Balaban J connectivity index is 1.75. The third-order valence-electron chi connectivity index (χ3n) is 4.59. The quantitative estimate of drug-likeness (QED) is 0.477. The smallest absolute Gasteiger partial charge is 0.259 e. The van der Waals surface area contributed by atoms with Crippen molar-refractivity contribution in [2.24, 2.45) is 5.73 Å². The number of rotatable bonds is 5. The van der Waals surface area contributed by atoms with Gasteiger partial charge in [0.15, 0.2) is 0 Å². The summed E-state index contributed by atoms with van der Waals surface area (Å²) in [6.45, 7) is 0. The van der Waals surface area contributed by atoms with Crippen LogP contribution >= 0.6 is 11.6 Å². The molecule has 0 aliphatic rings. The summed E-state index contributed by atoms with van der Waals surface area (Å²) in [6, 6.07) is 19.9. The van der Waals surface area contributed by atoms with Gasteiger partial charge in [0.05, 0.1) is 16.8 Å². The average Bonchev–Trinajstić information content (AvgIpc) is 3.22. The zero-order valence-corrected chi connectivity index (χ0v) is 16.8. The molecule has 0 saturated heterocycles. The van der Waals surface area contributed by atoms with Gasteiger partial charge in [-0.05, 0) is 42.5 Å². The molecule has 0 bridgehead atoms. The molecule has 2 amide bonds. The highest BCUT2D eigenvalue weighted by molar-refractivity contribution is 6.30. The highest BCUT2D eigenvalue weighted by Gasteiger charge is 2.20. The van der Waals surface area contributed by atoms with Crippen LogP contribution in [0.5, 0.6) is 0 Å². The van der Waals surface area contributed by atoms with E-state index in [0.29, 0.717) is 16.3 Å². The first kappa shape index (κ1) is 20.3. The molecule has 6 nitrogen and oxygen atoms in total. The van der Waals surface area contributed by atoms with Gasteiger partial charge >= 0.3 is 0 Å². The second kappa shape index (κ2) is 8.41. The molecule has 4 rings (SSSR count). The maximum atomic E-state index is 13.8. The Morgan fingerprint density at radius 3 is 2.35 bits per heavy atom. The molecule has 0 spiro atoms. The summed E-state index contributed by atoms with van der Waals surface area (Å²) in [5.74, 6) is -2.16. The van der Waals surface area contributed by atoms with Crippen LogP contribution in [0.1, 0.15) is 20.7 Å². The lowest BCUT2D eigenvalue weighted by molar-refractivity contribution is 0.0992. The Morgan fingerprint density at radius 1 is 0.968 bits per heavy atom. The predicted molar refractivity (Wildman–Crippen MR) is 117 cm³/mol. The molecule has 0 aliphatic carbocycles. The van der Waals surface area contributed by atoms with Gasteiger partial charge in [-0.15, -0.1) is 0 Å². The zero-order valence-electron chi connectivity index (χ0n) is 16.0. The molecule has 0 unspecified atom stereocenters. The molecule has 3 N–H and O–H groups in total. The molecule has 0 atom stereocenters. The van der Waals surface area contributed by atoms with Crippen LogP contribution in [0.4, 0.5) is 10.1 Å². The van der Waals surface area contributed by atoms with Crippen molar-refractivity contribution in [3.05, 3.63) is 101 Å². The van der Waals surface area contributed by atoms with Crippen molar-refractivity contribution < 1.29 is 14.0 Å². The number of amides is 2. The minimum atomic E-state index is -0.924. The van der Waals surface area contributed by atoms with E-state index in [1.807, 2.05) is 30.3 Å². The third-order valence-corrected chi connectivity index (χ3v) is 4.84. The standard InChI is InChI=1S/C23H16ClFN4O2/c24-15-8-6-14(7-9-15)21-19(13-29(28-21)17-4-2-1-3-5-17)23(31)27-16-10-11-20(25)18(12-16)22(26)30/h1-13H,(H2,26,30)(H,27,31). The Hall–Kier alpha value is -3.97. The van der Waals surface area contributed by atoms with Gasteiger partial charge in [0, 0.05) is 22.5 Å². The van der Waals surface area contributed by atoms with Crippen LogP contribution in [-0.2, 0) is 0 Å². The average molecular weight is 435 g/mol. The summed E-state index contributed by atoms with van der Waals surface area (Å²) in [4.78, 5) is 24.5. The first-order valence-electron chi connectivity index (χ1n) is 9.24. The number of halogens is 2. The van der Waals surface area contributed by atoms with E-state index >= 15 is 0 Å². The molecule has 31 heavy (non-hydrogen) atoms. The zero-order chi connectivity index (χ0) is 22.0. The number of hydrogen-bond acceptors (Lipinski definition) is 3. The fraction of sp³-hybridized carbons (Fsp3) is 0. The second-order valence-electron chi connectivity index (χ2n) is 6.69. The summed E-state index contributed by atoms with van der Waals surface area (Å²) >= 11 is 5.99. The molecule has 0 saturated carbocycles. The van der Waals surface area contributed by atoms with E-state index in [1.54, 1.807) is 35.1 Å². The Morgan fingerprint density at radius 2 is 1.68 bits per heavy atom. The monoisotopic (exact) mass is 434 g/mol. The van der Waals surface area contributed by atoms with Crippen LogP contribution in [0, 0.1) is 5.82 Å². The van der Waals surface area contributed by atoms with Gasteiger partial charge in [-0.25, -0.2) is 9.07 Å². The van der Waals surface area contributed by atoms with Gasteiger partial charge in [-0.1, -0.05) is 41.9 Å². The highest BCUT2D eigenvalue weighted by Crippen LogP contribution is 2.26. The van der Waals surface area contributed by atoms with Gasteiger partial charge in [0.2, 0.25) is 0 Å². The van der Waals surface area contributed by atoms with E-state index in [0.717, 1.165) is 11.8 Å². The van der Waals surface area contributed by atoms with Gasteiger partial charge < -0.3 is 11.1 Å². The van der Waals surface area contributed by atoms with Crippen molar-refractivity contribution in [1.82, 2.24) is 9.78 Å². The van der Waals surface area contributed by atoms with Crippen LogP contribution in [-0.4, -0.2) is 21.6 Å². The molecular weight excluding hydrogens is 419 g/mol. The molecule has 0 radical (unpaired) electrons. The molecule has 0 aliphatic heterocycles. The normalized spacial score (nSPS) is 10.6. The summed E-state index contributed by atoms with van der Waals surface area (Å²) in [5, 5.41) is 7.81. The van der Waals surface area contributed by atoms with Crippen molar-refractivity contribution in [2.75, 3.05) is 5.32 Å². The molecular formula is C23H16ClFN4O2. The molecule has 1 heterocycles. The minimum absolute atomic E-state index is 0.231. The highest BCUT2D eigenvalue weighted by atomic mass is 35.5. The first-order chi connectivity index (χ1) is 14.9. The molecule has 3 aromatic carbocycles. The molecule has 4 aromatic rings. The molecule has 0 fully saturated rings. The number of benzene rings is 3. The van der Waals surface area contributed by atoms with Crippen molar-refractivity contribution >= 4 is 29.1 Å².